The maximum atomic E-state index is 2.53. The second-order valence-corrected chi connectivity index (χ2v) is 31.6. The summed E-state index contributed by atoms with van der Waals surface area (Å²) in [6.07, 6.45) is 0. The van der Waals surface area contributed by atoms with Gasteiger partial charge in [0, 0.05) is 77.2 Å². The molecule has 0 aliphatic heterocycles. The van der Waals surface area contributed by atoms with Crippen LogP contribution in [0, 0.1) is 0 Å². The summed E-state index contributed by atoms with van der Waals surface area (Å²) in [5.74, 6) is 0. The van der Waals surface area contributed by atoms with E-state index in [0.29, 0.717) is 0 Å². The second kappa shape index (κ2) is 24.7. The zero-order valence-corrected chi connectivity index (χ0v) is 63.2. The van der Waals surface area contributed by atoms with Gasteiger partial charge < -0.3 is 18.9 Å². The molecule has 0 fully saturated rings. The minimum Gasteiger partial charge on any atom is -0.309 e. The fourth-order valence-electron chi connectivity index (χ4n) is 21.5. The summed E-state index contributed by atoms with van der Waals surface area (Å²) >= 11 is 0. The van der Waals surface area contributed by atoms with Crippen LogP contribution in [0.5, 0.6) is 0 Å². The normalized spacial score (nSPS) is 13.3. The third kappa shape index (κ3) is 8.87. The van der Waals surface area contributed by atoms with Gasteiger partial charge in [0.25, 0.3) is 0 Å². The number of hydrogen-bond acceptors (Lipinski definition) is 2. The van der Waals surface area contributed by atoms with E-state index in [4.69, 9.17) is 0 Å². The van der Waals surface area contributed by atoms with E-state index >= 15 is 0 Å². The zero-order chi connectivity index (χ0) is 75.9. The molecule has 0 radical (unpaired) electrons. The average Bonchev–Trinajstić information content (AvgIpc) is 1.51. The third-order valence-corrected chi connectivity index (χ3v) is 26.1. The Hall–Kier alpha value is -15.1. The number of fused-ring (bicyclic) bond motifs is 28. The van der Waals surface area contributed by atoms with Crippen LogP contribution < -0.4 is 9.80 Å². The lowest BCUT2D eigenvalue weighted by Gasteiger charge is -2.33. The molecule has 116 heavy (non-hydrogen) atoms. The monoisotopic (exact) mass is 1470 g/mol. The molecule has 0 amide bonds. The lowest BCUT2D eigenvalue weighted by molar-refractivity contribution is 0.794. The lowest BCUT2D eigenvalue weighted by atomic mass is 9.70. The summed E-state index contributed by atoms with van der Waals surface area (Å²) in [6.45, 7) is 0. The largest absolute Gasteiger partial charge is 0.309 e. The summed E-state index contributed by atoms with van der Waals surface area (Å²) in [5, 5.41) is 9.19. The summed E-state index contributed by atoms with van der Waals surface area (Å²) in [6, 6.07) is 160. The van der Waals surface area contributed by atoms with Gasteiger partial charge in [-0.3, -0.25) is 0 Å². The molecule has 21 aromatic rings. The van der Waals surface area contributed by atoms with Crippen molar-refractivity contribution < 1.29 is 0 Å². The van der Waals surface area contributed by atoms with Crippen LogP contribution in [-0.4, -0.2) is 9.13 Å². The number of para-hydroxylation sites is 4. The molecule has 538 valence electrons. The Kier molecular flexibility index (Phi) is 13.7. The van der Waals surface area contributed by atoms with Crippen LogP contribution >= 0.6 is 0 Å². The molecule has 0 atom stereocenters. The van der Waals surface area contributed by atoms with Crippen molar-refractivity contribution in [3.63, 3.8) is 0 Å². The molecule has 0 saturated heterocycles. The Balaban J connectivity index is 0.672. The highest BCUT2D eigenvalue weighted by Crippen LogP contribution is 2.66. The number of benzene rings is 19. The SMILES string of the molecule is c1ccc(N(c2ccc3c(c2)c2cc(-c4ccc5c(c4)C4(c6ccccc6-c6ccccc64)c4ccccc4-5)ccc2n3-c2ccccc2)c2c3ccccc3c(N(c3ccccc3)c3ccc4c(c3)c3cc(-c5ccc6c(c5)C5(c7ccccc7-c7ccccc75)c5ccccc5-6)ccc3n4-c3ccccc3)c3ccccc23)cc1. The van der Waals surface area contributed by atoms with Gasteiger partial charge in [-0.05, 0) is 233 Å². The van der Waals surface area contributed by atoms with Gasteiger partial charge in [0.2, 0.25) is 0 Å². The van der Waals surface area contributed by atoms with Gasteiger partial charge in [0.15, 0.2) is 0 Å². The Bertz CT molecular complexity index is 7080. The Labute approximate surface area is 671 Å². The average molecular weight is 1470 g/mol. The zero-order valence-electron chi connectivity index (χ0n) is 63.2. The summed E-state index contributed by atoms with van der Waals surface area (Å²) in [7, 11) is 0. The first-order valence-electron chi connectivity index (χ1n) is 40.4. The quantitative estimate of drug-likeness (QED) is 0.100. The van der Waals surface area contributed by atoms with Crippen molar-refractivity contribution in [3.05, 3.63) is 469 Å². The molecule has 0 saturated carbocycles. The lowest BCUT2D eigenvalue weighted by Crippen LogP contribution is -2.25. The highest BCUT2D eigenvalue weighted by Gasteiger charge is 2.53. The van der Waals surface area contributed by atoms with Crippen LogP contribution in [0.3, 0.4) is 0 Å². The van der Waals surface area contributed by atoms with Gasteiger partial charge in [-0.1, -0.05) is 303 Å². The molecule has 19 aromatic carbocycles. The van der Waals surface area contributed by atoms with Crippen molar-refractivity contribution in [1.29, 1.82) is 0 Å². The number of aromatic nitrogens is 2. The molecule has 0 bridgehead atoms. The molecule has 2 heterocycles. The topological polar surface area (TPSA) is 16.3 Å². The Morgan fingerprint density at radius 3 is 0.724 bits per heavy atom. The molecule has 25 rings (SSSR count). The van der Waals surface area contributed by atoms with Gasteiger partial charge in [0.1, 0.15) is 0 Å². The van der Waals surface area contributed by atoms with Crippen LogP contribution in [0.25, 0.3) is 143 Å². The van der Waals surface area contributed by atoms with Crippen molar-refractivity contribution in [3.8, 4) is 78.1 Å². The van der Waals surface area contributed by atoms with Gasteiger partial charge in [-0.2, -0.15) is 0 Å². The van der Waals surface area contributed by atoms with E-state index in [2.05, 4.69) is 444 Å². The van der Waals surface area contributed by atoms with Crippen LogP contribution in [-0.2, 0) is 10.8 Å². The summed E-state index contributed by atoms with van der Waals surface area (Å²) in [4.78, 5) is 5.05. The number of nitrogens with zero attached hydrogens (tertiary/aromatic N) is 4. The van der Waals surface area contributed by atoms with Crippen molar-refractivity contribution in [2.24, 2.45) is 0 Å². The smallest absolute Gasteiger partial charge is 0.0725 e. The minimum atomic E-state index is -0.459. The van der Waals surface area contributed by atoms with E-state index in [-0.39, 0.29) is 0 Å². The van der Waals surface area contributed by atoms with Crippen LogP contribution in [0.2, 0.25) is 0 Å². The van der Waals surface area contributed by atoms with E-state index in [1.807, 2.05) is 0 Å². The predicted octanol–water partition coefficient (Wildman–Crippen LogP) is 29.1. The maximum Gasteiger partial charge on any atom is 0.0725 e. The molecule has 2 spiro atoms. The predicted molar refractivity (Wildman–Crippen MR) is 483 cm³/mol. The molecule has 0 unspecified atom stereocenters. The highest BCUT2D eigenvalue weighted by molar-refractivity contribution is 6.24. The first kappa shape index (κ1) is 64.6. The molecular weight excluding hydrogens is 1400 g/mol. The third-order valence-electron chi connectivity index (χ3n) is 26.1. The van der Waals surface area contributed by atoms with Gasteiger partial charge >= 0.3 is 0 Å². The first-order chi connectivity index (χ1) is 57.6. The second-order valence-electron chi connectivity index (χ2n) is 31.6. The molecule has 2 aromatic heterocycles. The van der Waals surface area contributed by atoms with Crippen molar-refractivity contribution in [2.45, 2.75) is 10.8 Å². The number of anilines is 6. The number of rotatable bonds is 10. The number of hydrogen-bond donors (Lipinski definition) is 0. The Morgan fingerprint density at radius 2 is 0.405 bits per heavy atom. The molecule has 4 aliphatic rings. The van der Waals surface area contributed by atoms with Crippen molar-refractivity contribution >= 4 is 99.3 Å². The van der Waals surface area contributed by atoms with E-state index in [9.17, 15) is 0 Å². The van der Waals surface area contributed by atoms with Crippen molar-refractivity contribution in [2.75, 3.05) is 9.80 Å². The first-order valence-corrected chi connectivity index (χ1v) is 40.4. The molecular formula is C112H70N4. The molecule has 4 heteroatoms. The van der Waals surface area contributed by atoms with E-state index in [0.717, 1.165) is 99.9 Å². The van der Waals surface area contributed by atoms with Gasteiger partial charge in [-0.25, -0.2) is 0 Å². The molecule has 4 aliphatic carbocycles. The summed E-state index contributed by atoms with van der Waals surface area (Å²) < 4.78 is 4.91. The minimum absolute atomic E-state index is 0.459. The molecule has 0 N–H and O–H groups in total. The fraction of sp³-hybridized carbons (Fsp3) is 0.0179. The summed E-state index contributed by atoms with van der Waals surface area (Å²) in [5.41, 5.74) is 38.1. The van der Waals surface area contributed by atoms with Crippen LogP contribution in [0.4, 0.5) is 34.1 Å². The van der Waals surface area contributed by atoms with Crippen LogP contribution in [0.1, 0.15) is 44.5 Å². The van der Waals surface area contributed by atoms with Crippen molar-refractivity contribution in [1.82, 2.24) is 9.13 Å². The maximum absolute atomic E-state index is 2.53. The van der Waals surface area contributed by atoms with E-state index in [1.54, 1.807) is 0 Å². The standard InChI is InChI=1S/C112H70N4/c1-5-29-75(30-6-1)113(79-57-63-107-95(69-79)93-65-71(55-61-105(93)115(107)77-33-9-3-10-34-77)73-53-59-87-85-41-21-27-51-101(85)111(103(87)67-73)97-47-23-17-37-81(97)82-38-18-24-48-98(82)111)109-89-43-13-15-45-91(89)110(92-46-16-14-44-90(92)109)114(76-31-7-2-8-32-76)80-58-64-108-96(70-80)94-66-72(56-62-106(94)116(108)78-35-11-4-12-36-78)74-54-60-88-86-42-22-28-52-102(86)112(104(88)68-74)99-49-25-19-39-83(99)84-40-20-26-50-100(84)112/h1-70H. The van der Waals surface area contributed by atoms with Gasteiger partial charge in [-0.15, -0.1) is 0 Å². The van der Waals surface area contributed by atoms with Crippen LogP contribution in [0.15, 0.2) is 425 Å². The highest BCUT2D eigenvalue weighted by atomic mass is 15.2. The van der Waals surface area contributed by atoms with E-state index < -0.39 is 10.8 Å². The molecule has 4 nitrogen and oxygen atoms in total. The Morgan fingerprint density at radius 1 is 0.164 bits per heavy atom. The van der Waals surface area contributed by atoms with Gasteiger partial charge in [0.05, 0.1) is 44.3 Å². The fourth-order valence-corrected chi connectivity index (χ4v) is 21.5. The van der Waals surface area contributed by atoms with E-state index in [1.165, 1.54) is 122 Å².